The Morgan fingerprint density at radius 2 is 1.88 bits per heavy atom. The number of hydrogen-bond donors (Lipinski definition) is 1. The Morgan fingerprint density at radius 1 is 1.12 bits per heavy atom. The van der Waals surface area contributed by atoms with Gasteiger partial charge in [0.25, 0.3) is 0 Å². The lowest BCUT2D eigenvalue weighted by molar-refractivity contribution is -0.114. The molecule has 0 fully saturated rings. The number of benzene rings is 2. The van der Waals surface area contributed by atoms with Crippen LogP contribution in [0.25, 0.3) is 17.1 Å². The predicted molar refractivity (Wildman–Crippen MR) is 92.0 cm³/mol. The minimum Gasteiger partial charge on any atom is -0.454 e. The van der Waals surface area contributed by atoms with Gasteiger partial charge in [-0.2, -0.15) is 5.10 Å². The van der Waals surface area contributed by atoms with Crippen molar-refractivity contribution in [1.29, 1.82) is 0 Å². The lowest BCUT2D eigenvalue weighted by Gasteiger charge is -2.08. The van der Waals surface area contributed by atoms with Crippen molar-refractivity contribution in [3.8, 4) is 28.6 Å². The normalized spacial score (nSPS) is 12.2. The van der Waals surface area contributed by atoms with Gasteiger partial charge in [-0.15, -0.1) is 0 Å². The zero-order valence-corrected chi connectivity index (χ0v) is 13.8. The van der Waals surface area contributed by atoms with Crippen molar-refractivity contribution >= 4 is 11.6 Å². The van der Waals surface area contributed by atoms with E-state index in [0.717, 1.165) is 22.7 Å². The third-order valence-corrected chi connectivity index (χ3v) is 3.78. The molecule has 0 bridgehead atoms. The molecule has 0 saturated heterocycles. The largest absolute Gasteiger partial charge is 0.454 e. The highest BCUT2D eigenvalue weighted by Crippen LogP contribution is 2.34. The molecule has 7 nitrogen and oxygen atoms in total. The molecule has 1 N–H and O–H groups in total. The van der Waals surface area contributed by atoms with Gasteiger partial charge in [0, 0.05) is 24.2 Å². The van der Waals surface area contributed by atoms with Gasteiger partial charge in [0.1, 0.15) is 5.82 Å². The first-order valence-corrected chi connectivity index (χ1v) is 7.82. The standard InChI is InChI=1S/C18H16N4O3/c1-11-19-18(13-3-5-14(6-4-13)20-12(2)23)22(21-11)15-7-8-16-17(9-15)25-10-24-16/h3-9H,10H2,1-2H3,(H,20,23). The predicted octanol–water partition coefficient (Wildman–Crippen LogP) is 2.93. The molecule has 3 aromatic rings. The first kappa shape index (κ1) is 15.2. The van der Waals surface area contributed by atoms with Gasteiger partial charge < -0.3 is 14.8 Å². The number of ether oxygens (including phenoxy) is 2. The molecule has 0 saturated carbocycles. The molecule has 0 atom stereocenters. The third kappa shape index (κ3) is 2.91. The lowest BCUT2D eigenvalue weighted by atomic mass is 10.2. The van der Waals surface area contributed by atoms with E-state index in [9.17, 15) is 4.79 Å². The first-order valence-electron chi connectivity index (χ1n) is 7.82. The zero-order valence-electron chi connectivity index (χ0n) is 13.8. The topological polar surface area (TPSA) is 78.3 Å². The SMILES string of the molecule is CC(=O)Nc1ccc(-c2nc(C)nn2-c2ccc3c(c2)OCO3)cc1. The van der Waals surface area contributed by atoms with Crippen molar-refractivity contribution in [1.82, 2.24) is 14.8 Å². The van der Waals surface area contributed by atoms with Gasteiger partial charge in [-0.25, -0.2) is 9.67 Å². The minimum absolute atomic E-state index is 0.105. The number of carbonyl (C=O) groups excluding carboxylic acids is 1. The summed E-state index contributed by atoms with van der Waals surface area (Å²) >= 11 is 0. The highest BCUT2D eigenvalue weighted by Gasteiger charge is 2.17. The number of carbonyl (C=O) groups is 1. The van der Waals surface area contributed by atoms with Gasteiger partial charge in [-0.05, 0) is 43.3 Å². The van der Waals surface area contributed by atoms with Crippen LogP contribution in [-0.4, -0.2) is 27.5 Å². The Kier molecular flexibility index (Phi) is 3.61. The van der Waals surface area contributed by atoms with Crippen LogP contribution in [-0.2, 0) is 4.79 Å². The summed E-state index contributed by atoms with van der Waals surface area (Å²) in [6, 6.07) is 13.1. The molecular weight excluding hydrogens is 320 g/mol. The van der Waals surface area contributed by atoms with Crippen molar-refractivity contribution in [3.63, 3.8) is 0 Å². The average Bonchev–Trinajstić information content (AvgIpc) is 3.20. The Labute approximate surface area is 144 Å². The van der Waals surface area contributed by atoms with Gasteiger partial charge in [-0.3, -0.25) is 4.79 Å². The maximum Gasteiger partial charge on any atom is 0.231 e. The molecule has 25 heavy (non-hydrogen) atoms. The molecule has 2 heterocycles. The van der Waals surface area contributed by atoms with Crippen molar-refractivity contribution < 1.29 is 14.3 Å². The number of nitrogens with zero attached hydrogens (tertiary/aromatic N) is 3. The van der Waals surface area contributed by atoms with Gasteiger partial charge >= 0.3 is 0 Å². The maximum atomic E-state index is 11.1. The van der Waals surface area contributed by atoms with E-state index >= 15 is 0 Å². The van der Waals surface area contributed by atoms with Gasteiger partial charge in [0.05, 0.1) is 5.69 Å². The molecule has 1 aliphatic heterocycles. The molecule has 0 radical (unpaired) electrons. The minimum atomic E-state index is -0.105. The highest BCUT2D eigenvalue weighted by molar-refractivity contribution is 5.88. The maximum absolute atomic E-state index is 11.1. The molecule has 0 spiro atoms. The number of fused-ring (bicyclic) bond motifs is 1. The zero-order chi connectivity index (χ0) is 17.4. The number of rotatable bonds is 3. The third-order valence-electron chi connectivity index (χ3n) is 3.78. The van der Waals surface area contributed by atoms with E-state index in [1.165, 1.54) is 6.92 Å². The second-order valence-corrected chi connectivity index (χ2v) is 5.69. The summed E-state index contributed by atoms with van der Waals surface area (Å²) in [7, 11) is 0. The summed E-state index contributed by atoms with van der Waals surface area (Å²) < 4.78 is 12.6. The summed E-state index contributed by atoms with van der Waals surface area (Å²) in [5.74, 6) is 2.69. The quantitative estimate of drug-likeness (QED) is 0.795. The molecule has 0 aliphatic carbocycles. The highest BCUT2D eigenvalue weighted by atomic mass is 16.7. The van der Waals surface area contributed by atoms with E-state index < -0.39 is 0 Å². The smallest absolute Gasteiger partial charge is 0.231 e. The van der Waals surface area contributed by atoms with Crippen LogP contribution in [0.3, 0.4) is 0 Å². The molecule has 7 heteroatoms. The van der Waals surface area contributed by atoms with Crippen molar-refractivity contribution in [2.75, 3.05) is 12.1 Å². The van der Waals surface area contributed by atoms with E-state index in [-0.39, 0.29) is 12.7 Å². The van der Waals surface area contributed by atoms with Crippen molar-refractivity contribution in [3.05, 3.63) is 48.3 Å². The molecule has 126 valence electrons. The summed E-state index contributed by atoms with van der Waals surface area (Å²) in [6.45, 7) is 3.55. The number of nitrogens with one attached hydrogen (secondary N) is 1. The molecular formula is C18H16N4O3. The van der Waals surface area contributed by atoms with Crippen LogP contribution in [0.15, 0.2) is 42.5 Å². The average molecular weight is 336 g/mol. The lowest BCUT2D eigenvalue weighted by Crippen LogP contribution is -2.05. The Bertz CT molecular complexity index is 947. The van der Waals surface area contributed by atoms with E-state index in [2.05, 4.69) is 15.4 Å². The fourth-order valence-corrected chi connectivity index (χ4v) is 2.70. The summed E-state index contributed by atoms with van der Waals surface area (Å²) in [6.07, 6.45) is 0. The molecule has 2 aromatic carbocycles. The van der Waals surface area contributed by atoms with E-state index in [4.69, 9.17) is 9.47 Å². The van der Waals surface area contributed by atoms with Crippen LogP contribution in [0.1, 0.15) is 12.7 Å². The number of amides is 1. The van der Waals surface area contributed by atoms with E-state index in [0.29, 0.717) is 17.4 Å². The first-order chi connectivity index (χ1) is 12.1. The van der Waals surface area contributed by atoms with Crippen LogP contribution in [0.4, 0.5) is 5.69 Å². The van der Waals surface area contributed by atoms with Crippen LogP contribution < -0.4 is 14.8 Å². The summed E-state index contributed by atoms with van der Waals surface area (Å²) in [4.78, 5) is 15.7. The second-order valence-electron chi connectivity index (χ2n) is 5.69. The van der Waals surface area contributed by atoms with Crippen molar-refractivity contribution in [2.45, 2.75) is 13.8 Å². The summed E-state index contributed by atoms with van der Waals surface area (Å²) in [5, 5.41) is 7.24. The van der Waals surface area contributed by atoms with Gasteiger partial charge in [0.15, 0.2) is 17.3 Å². The number of anilines is 1. The van der Waals surface area contributed by atoms with Crippen molar-refractivity contribution in [2.24, 2.45) is 0 Å². The van der Waals surface area contributed by atoms with E-state index in [1.54, 1.807) is 4.68 Å². The molecule has 1 amide bonds. The number of aryl methyl sites for hydroxylation is 1. The van der Waals surface area contributed by atoms with Crippen LogP contribution in [0, 0.1) is 6.92 Å². The molecule has 0 unspecified atom stereocenters. The molecule has 1 aromatic heterocycles. The van der Waals surface area contributed by atoms with Crippen LogP contribution >= 0.6 is 0 Å². The number of hydrogen-bond acceptors (Lipinski definition) is 5. The fourth-order valence-electron chi connectivity index (χ4n) is 2.70. The Balaban J connectivity index is 1.73. The van der Waals surface area contributed by atoms with Crippen LogP contribution in [0.2, 0.25) is 0 Å². The van der Waals surface area contributed by atoms with Crippen LogP contribution in [0.5, 0.6) is 11.5 Å². The summed E-state index contributed by atoms with van der Waals surface area (Å²) in [5.41, 5.74) is 2.47. The second kappa shape index (κ2) is 5.94. The number of aromatic nitrogens is 3. The molecule has 4 rings (SSSR count). The van der Waals surface area contributed by atoms with Gasteiger partial charge in [-0.1, -0.05) is 0 Å². The fraction of sp³-hybridized carbons (Fsp3) is 0.167. The Morgan fingerprint density at radius 3 is 2.64 bits per heavy atom. The monoisotopic (exact) mass is 336 g/mol. The van der Waals surface area contributed by atoms with E-state index in [1.807, 2.05) is 49.4 Å². The van der Waals surface area contributed by atoms with Gasteiger partial charge in [0.2, 0.25) is 12.7 Å². The molecule has 1 aliphatic rings. The Hall–Kier alpha value is -3.35.